The molecule has 0 bridgehead atoms. The van der Waals surface area contributed by atoms with Crippen LogP contribution < -0.4 is 0 Å². The van der Waals surface area contributed by atoms with E-state index in [2.05, 4.69) is 30.8 Å². The molecular formula is C17H30N2O2. The van der Waals surface area contributed by atoms with E-state index in [1.165, 1.54) is 0 Å². The smallest absolute Gasteiger partial charge is 0.0900 e. The van der Waals surface area contributed by atoms with Gasteiger partial charge in [-0.05, 0) is 45.7 Å². The molecule has 0 aliphatic rings. The highest BCUT2D eigenvalue weighted by Gasteiger charge is 2.10. The molecule has 0 spiro atoms. The first-order chi connectivity index (χ1) is 10.1. The summed E-state index contributed by atoms with van der Waals surface area (Å²) in [5.74, 6) is 0. The number of hydrogen-bond donors (Lipinski definition) is 1. The standard InChI is InChI=1S/C17H30N2O2/c1-4-19(12-8-11-18(2)3)13-17(20)15-21-14-16-9-6-5-7-10-16/h5-7,9-10,17,20H,4,8,11-15H2,1-3H3. The van der Waals surface area contributed by atoms with E-state index in [1.54, 1.807) is 0 Å². The maximum Gasteiger partial charge on any atom is 0.0900 e. The molecule has 0 fully saturated rings. The Hall–Kier alpha value is -0.940. The van der Waals surface area contributed by atoms with Gasteiger partial charge < -0.3 is 19.6 Å². The average Bonchev–Trinajstić information content (AvgIpc) is 2.47. The molecule has 0 heterocycles. The lowest BCUT2D eigenvalue weighted by Crippen LogP contribution is -2.36. The fourth-order valence-electron chi connectivity index (χ4n) is 2.23. The maximum absolute atomic E-state index is 10.1. The van der Waals surface area contributed by atoms with Gasteiger partial charge in [0.25, 0.3) is 0 Å². The Kier molecular flexibility index (Phi) is 9.26. The molecule has 0 aliphatic heterocycles. The fraction of sp³-hybridized carbons (Fsp3) is 0.647. The quantitative estimate of drug-likeness (QED) is 0.675. The van der Waals surface area contributed by atoms with Crippen molar-refractivity contribution in [3.8, 4) is 0 Å². The summed E-state index contributed by atoms with van der Waals surface area (Å²) in [6, 6.07) is 10.1. The first-order valence-corrected chi connectivity index (χ1v) is 7.78. The summed E-state index contributed by atoms with van der Waals surface area (Å²) in [4.78, 5) is 4.47. The molecule has 1 aromatic carbocycles. The van der Waals surface area contributed by atoms with Crippen LogP contribution in [0.3, 0.4) is 0 Å². The van der Waals surface area contributed by atoms with Gasteiger partial charge in [-0.25, -0.2) is 0 Å². The minimum Gasteiger partial charge on any atom is -0.389 e. The van der Waals surface area contributed by atoms with Gasteiger partial charge in [-0.15, -0.1) is 0 Å². The van der Waals surface area contributed by atoms with Gasteiger partial charge in [0.2, 0.25) is 0 Å². The Bertz CT molecular complexity index is 357. The Morgan fingerprint density at radius 1 is 1.14 bits per heavy atom. The van der Waals surface area contributed by atoms with E-state index in [0.717, 1.165) is 31.6 Å². The molecule has 0 aromatic heterocycles. The Balaban J connectivity index is 2.17. The first kappa shape index (κ1) is 18.1. The zero-order valence-corrected chi connectivity index (χ0v) is 13.7. The van der Waals surface area contributed by atoms with Gasteiger partial charge in [-0.1, -0.05) is 37.3 Å². The summed E-state index contributed by atoms with van der Waals surface area (Å²) in [6.07, 6.45) is 0.700. The number of aliphatic hydroxyl groups is 1. The van der Waals surface area contributed by atoms with E-state index in [-0.39, 0.29) is 0 Å². The third-order valence-electron chi connectivity index (χ3n) is 3.42. The van der Waals surface area contributed by atoms with Gasteiger partial charge in [0.1, 0.15) is 0 Å². The van der Waals surface area contributed by atoms with Crippen LogP contribution in [0.4, 0.5) is 0 Å². The molecule has 1 rings (SSSR count). The maximum atomic E-state index is 10.1. The zero-order chi connectivity index (χ0) is 15.5. The molecule has 1 atom stereocenters. The van der Waals surface area contributed by atoms with Gasteiger partial charge in [0.15, 0.2) is 0 Å². The molecule has 120 valence electrons. The van der Waals surface area contributed by atoms with E-state index in [4.69, 9.17) is 4.74 Å². The third-order valence-corrected chi connectivity index (χ3v) is 3.42. The molecule has 0 saturated carbocycles. The summed E-state index contributed by atoms with van der Waals surface area (Å²) in [6.45, 7) is 6.82. The van der Waals surface area contributed by atoms with Crippen molar-refractivity contribution in [2.45, 2.75) is 26.1 Å². The summed E-state index contributed by atoms with van der Waals surface area (Å²) in [5.41, 5.74) is 1.14. The highest BCUT2D eigenvalue weighted by molar-refractivity contribution is 5.13. The predicted octanol–water partition coefficient (Wildman–Crippen LogP) is 1.84. The van der Waals surface area contributed by atoms with Crippen molar-refractivity contribution in [2.24, 2.45) is 0 Å². The number of ether oxygens (including phenoxy) is 1. The van der Waals surface area contributed by atoms with Gasteiger partial charge in [0.05, 0.1) is 19.3 Å². The SMILES string of the molecule is CCN(CCCN(C)C)CC(O)COCc1ccccc1. The van der Waals surface area contributed by atoms with Crippen LogP contribution in [-0.4, -0.2) is 67.9 Å². The minimum atomic E-state index is -0.423. The zero-order valence-electron chi connectivity index (χ0n) is 13.7. The summed E-state index contributed by atoms with van der Waals surface area (Å²) < 4.78 is 5.58. The van der Waals surface area contributed by atoms with E-state index in [0.29, 0.717) is 19.8 Å². The lowest BCUT2D eigenvalue weighted by atomic mass is 10.2. The topological polar surface area (TPSA) is 35.9 Å². The Morgan fingerprint density at radius 2 is 1.86 bits per heavy atom. The molecule has 21 heavy (non-hydrogen) atoms. The van der Waals surface area contributed by atoms with Crippen LogP contribution >= 0.6 is 0 Å². The molecule has 4 heteroatoms. The highest BCUT2D eigenvalue weighted by Crippen LogP contribution is 2.02. The molecule has 0 amide bonds. The number of nitrogens with zero attached hydrogens (tertiary/aromatic N) is 2. The highest BCUT2D eigenvalue weighted by atomic mass is 16.5. The summed E-state index contributed by atoms with van der Waals surface area (Å²) in [7, 11) is 4.17. The van der Waals surface area contributed by atoms with E-state index >= 15 is 0 Å². The predicted molar refractivity (Wildman–Crippen MR) is 87.4 cm³/mol. The average molecular weight is 294 g/mol. The normalized spacial score (nSPS) is 13.0. The second-order valence-electron chi connectivity index (χ2n) is 5.70. The van der Waals surface area contributed by atoms with Gasteiger partial charge >= 0.3 is 0 Å². The number of aliphatic hydroxyl groups excluding tert-OH is 1. The molecule has 1 aromatic rings. The number of likely N-dealkylation sites (N-methyl/N-ethyl adjacent to an activating group) is 1. The van der Waals surface area contributed by atoms with Crippen LogP contribution in [0.2, 0.25) is 0 Å². The van der Waals surface area contributed by atoms with Crippen molar-refractivity contribution in [1.29, 1.82) is 0 Å². The summed E-state index contributed by atoms with van der Waals surface area (Å²) >= 11 is 0. The summed E-state index contributed by atoms with van der Waals surface area (Å²) in [5, 5.41) is 10.1. The lowest BCUT2D eigenvalue weighted by molar-refractivity contribution is 0.0103. The van der Waals surface area contributed by atoms with Gasteiger partial charge in [0, 0.05) is 6.54 Å². The van der Waals surface area contributed by atoms with Crippen LogP contribution in [0.15, 0.2) is 30.3 Å². The van der Waals surface area contributed by atoms with Crippen LogP contribution in [0.25, 0.3) is 0 Å². The van der Waals surface area contributed by atoms with E-state index < -0.39 is 6.10 Å². The Labute approximate surface area is 129 Å². The molecule has 0 saturated heterocycles. The molecular weight excluding hydrogens is 264 g/mol. The number of hydrogen-bond acceptors (Lipinski definition) is 4. The third kappa shape index (κ3) is 8.83. The second-order valence-corrected chi connectivity index (χ2v) is 5.70. The van der Waals surface area contributed by atoms with Crippen molar-refractivity contribution < 1.29 is 9.84 Å². The van der Waals surface area contributed by atoms with Crippen molar-refractivity contribution in [3.05, 3.63) is 35.9 Å². The molecule has 1 unspecified atom stereocenters. The molecule has 4 nitrogen and oxygen atoms in total. The van der Waals surface area contributed by atoms with Crippen molar-refractivity contribution in [1.82, 2.24) is 9.80 Å². The molecule has 0 aliphatic carbocycles. The largest absolute Gasteiger partial charge is 0.389 e. The van der Waals surface area contributed by atoms with Gasteiger partial charge in [-0.2, -0.15) is 0 Å². The van der Waals surface area contributed by atoms with Crippen LogP contribution in [0.5, 0.6) is 0 Å². The Morgan fingerprint density at radius 3 is 2.48 bits per heavy atom. The van der Waals surface area contributed by atoms with Crippen molar-refractivity contribution >= 4 is 0 Å². The second kappa shape index (κ2) is 10.7. The minimum absolute atomic E-state index is 0.388. The number of rotatable bonds is 11. The van der Waals surface area contributed by atoms with E-state index in [9.17, 15) is 5.11 Å². The van der Waals surface area contributed by atoms with E-state index in [1.807, 2.05) is 30.3 Å². The number of benzene rings is 1. The van der Waals surface area contributed by atoms with Crippen LogP contribution in [0, 0.1) is 0 Å². The van der Waals surface area contributed by atoms with Gasteiger partial charge in [-0.3, -0.25) is 0 Å². The molecule has 0 radical (unpaired) electrons. The van der Waals surface area contributed by atoms with Crippen molar-refractivity contribution in [3.63, 3.8) is 0 Å². The van der Waals surface area contributed by atoms with Crippen LogP contribution in [0.1, 0.15) is 18.9 Å². The first-order valence-electron chi connectivity index (χ1n) is 7.78. The monoisotopic (exact) mass is 294 g/mol. The fourth-order valence-corrected chi connectivity index (χ4v) is 2.23. The van der Waals surface area contributed by atoms with Crippen LogP contribution in [-0.2, 0) is 11.3 Å². The van der Waals surface area contributed by atoms with Crippen molar-refractivity contribution in [2.75, 3.05) is 46.9 Å². The molecule has 1 N–H and O–H groups in total. The lowest BCUT2D eigenvalue weighted by Gasteiger charge is -2.24.